The Morgan fingerprint density at radius 2 is 1.91 bits per heavy atom. The van der Waals surface area contributed by atoms with Crippen LogP contribution in [0.3, 0.4) is 0 Å². The third kappa shape index (κ3) is 6.59. The van der Waals surface area contributed by atoms with E-state index in [0.717, 1.165) is 36.5 Å². The lowest BCUT2D eigenvalue weighted by atomic mass is 9.88. The summed E-state index contributed by atoms with van der Waals surface area (Å²) >= 11 is 0. The second-order valence-corrected chi connectivity index (χ2v) is 15.4. The number of hydrogen-bond acceptors (Lipinski definition) is 8. The van der Waals surface area contributed by atoms with E-state index in [4.69, 9.17) is 9.47 Å². The smallest absolute Gasteiger partial charge is 0.259 e. The molecule has 0 radical (unpaired) electrons. The summed E-state index contributed by atoms with van der Waals surface area (Å²) in [5.41, 5.74) is -1.39. The normalized spacial score (nSPS) is 31.1. The van der Waals surface area contributed by atoms with Crippen LogP contribution in [0.5, 0.6) is 11.6 Å². The maximum Gasteiger partial charge on any atom is 0.259 e. The molecule has 248 valence electrons. The van der Waals surface area contributed by atoms with Crippen molar-refractivity contribution in [3.8, 4) is 11.6 Å². The molecule has 2 N–H and O–H groups in total. The second-order valence-electron chi connectivity index (χ2n) is 13.5. The van der Waals surface area contributed by atoms with Gasteiger partial charge < -0.3 is 19.7 Å². The molecule has 1 saturated heterocycles. The van der Waals surface area contributed by atoms with Gasteiger partial charge in [0.05, 0.1) is 25.1 Å². The Balaban J connectivity index is 1.29. The summed E-state index contributed by atoms with van der Waals surface area (Å²) in [6, 6.07) is 6.69. The Morgan fingerprint density at radius 1 is 1.15 bits per heavy atom. The number of nitrogens with one attached hydrogen (secondary N) is 2. The van der Waals surface area contributed by atoms with Crippen LogP contribution in [-0.2, 0) is 24.4 Å². The topological polar surface area (TPSA) is 144 Å². The highest BCUT2D eigenvalue weighted by Crippen LogP contribution is 2.46. The number of pyridine rings is 1. The van der Waals surface area contributed by atoms with Crippen molar-refractivity contribution in [2.45, 2.75) is 94.6 Å². The summed E-state index contributed by atoms with van der Waals surface area (Å²) in [5, 5.41) is 3.94. The summed E-state index contributed by atoms with van der Waals surface area (Å²) in [6.45, 7) is 4.46. The van der Waals surface area contributed by atoms with E-state index in [2.05, 4.69) is 28.9 Å². The lowest BCUT2D eigenvalue weighted by Gasteiger charge is -2.28. The average Bonchev–Trinajstić information content (AvgIpc) is 3.96. The molecule has 2 saturated carbocycles. The van der Waals surface area contributed by atoms with Gasteiger partial charge in [0, 0.05) is 29.5 Å². The molecule has 46 heavy (non-hydrogen) atoms. The molecule has 1 aromatic heterocycles. The molecular weight excluding hydrogens is 608 g/mol. The molecule has 6 atom stereocenters. The molecule has 0 spiro atoms. The van der Waals surface area contributed by atoms with Gasteiger partial charge in [-0.05, 0) is 56.4 Å². The van der Waals surface area contributed by atoms with E-state index in [1.54, 1.807) is 18.2 Å². The van der Waals surface area contributed by atoms with Gasteiger partial charge in [-0.3, -0.25) is 19.1 Å². The van der Waals surface area contributed by atoms with Gasteiger partial charge in [0.15, 0.2) is 0 Å². The fourth-order valence-corrected chi connectivity index (χ4v) is 8.38. The zero-order valence-corrected chi connectivity index (χ0v) is 27.6. The first-order valence-electron chi connectivity index (χ1n) is 16.5. The standard InChI is InChI=1S/C34H44N4O7S/c1-4-22-15-21(2)9-5-6-10-23-18-34(23,33(41)37-46(42,43)25-13-14-25)36-31(40)28-17-24(20-38(28)30(39)16-22)45-32-27-12-8-7-11-26(27)29(44-3)19-35-32/h6-8,10-12,19,21-25,28H,4-5,9,13-18,20H2,1-3H3,(H,36,40)(H,37,41)/b10-6-/t21-,22-,23-,24-,28+,34-/m1/s1. The number of ether oxygens (including phenoxy) is 2. The number of hydrogen-bond donors (Lipinski definition) is 2. The quantitative estimate of drug-likeness (QED) is 0.429. The summed E-state index contributed by atoms with van der Waals surface area (Å²) in [5.74, 6) is -0.131. The minimum atomic E-state index is -3.81. The first-order chi connectivity index (χ1) is 22.0. The molecule has 1 aromatic carbocycles. The van der Waals surface area contributed by atoms with Crippen molar-refractivity contribution in [2.75, 3.05) is 13.7 Å². The molecule has 11 nitrogen and oxygen atoms in total. The minimum Gasteiger partial charge on any atom is -0.494 e. The van der Waals surface area contributed by atoms with Crippen LogP contribution in [0.2, 0.25) is 0 Å². The molecular formula is C34H44N4O7S. The molecule has 2 aliphatic heterocycles. The van der Waals surface area contributed by atoms with Crippen LogP contribution >= 0.6 is 0 Å². The largest absolute Gasteiger partial charge is 0.494 e. The van der Waals surface area contributed by atoms with Crippen LogP contribution in [0, 0.1) is 17.8 Å². The van der Waals surface area contributed by atoms with Crippen molar-refractivity contribution in [1.29, 1.82) is 0 Å². The van der Waals surface area contributed by atoms with E-state index < -0.39 is 44.8 Å². The number of rotatable bonds is 7. The van der Waals surface area contributed by atoms with Crippen molar-refractivity contribution in [2.24, 2.45) is 17.8 Å². The molecule has 3 heterocycles. The summed E-state index contributed by atoms with van der Waals surface area (Å²) in [6.07, 6.45) is 10.3. The number of sulfonamides is 1. The highest BCUT2D eigenvalue weighted by atomic mass is 32.2. The zero-order valence-electron chi connectivity index (χ0n) is 26.7. The Morgan fingerprint density at radius 3 is 2.63 bits per heavy atom. The van der Waals surface area contributed by atoms with E-state index >= 15 is 0 Å². The summed E-state index contributed by atoms with van der Waals surface area (Å²) in [4.78, 5) is 47.6. The number of fused-ring (bicyclic) bond motifs is 3. The second kappa shape index (κ2) is 12.8. The minimum absolute atomic E-state index is 0.131. The van der Waals surface area contributed by atoms with E-state index in [1.807, 2.05) is 36.4 Å². The maximum atomic E-state index is 14.1. The average molecular weight is 653 g/mol. The van der Waals surface area contributed by atoms with Crippen molar-refractivity contribution >= 4 is 38.5 Å². The van der Waals surface area contributed by atoms with Crippen molar-refractivity contribution in [1.82, 2.24) is 19.9 Å². The molecule has 0 bridgehead atoms. The van der Waals surface area contributed by atoms with E-state index in [-0.39, 0.29) is 37.1 Å². The third-order valence-corrected chi connectivity index (χ3v) is 11.9. The van der Waals surface area contributed by atoms with Crippen LogP contribution in [0.4, 0.5) is 0 Å². The Labute approximate surface area is 270 Å². The van der Waals surface area contributed by atoms with Gasteiger partial charge in [0.1, 0.15) is 23.4 Å². The van der Waals surface area contributed by atoms with Gasteiger partial charge >= 0.3 is 0 Å². The van der Waals surface area contributed by atoms with Gasteiger partial charge in [0.25, 0.3) is 5.91 Å². The fourth-order valence-electron chi connectivity index (χ4n) is 7.02. The number of carbonyl (C=O) groups excluding carboxylic acids is 3. The SMILES string of the molecule is CC[C@H]1CC(=O)N2C[C@H](Oc3ncc(OC)c4ccccc34)C[C@H]2C(=O)N[C@]2(C(=O)NS(=O)(=O)C3CC3)C[C@H]2/C=C\CC[C@@H](C)C1. The van der Waals surface area contributed by atoms with Crippen LogP contribution in [0.1, 0.15) is 71.6 Å². The molecule has 2 aliphatic carbocycles. The highest BCUT2D eigenvalue weighted by Gasteiger charge is 2.62. The van der Waals surface area contributed by atoms with Gasteiger partial charge in [-0.25, -0.2) is 13.4 Å². The van der Waals surface area contributed by atoms with E-state index in [9.17, 15) is 22.8 Å². The molecule has 3 fully saturated rings. The fraction of sp³-hybridized carbons (Fsp3) is 0.588. The van der Waals surface area contributed by atoms with Crippen molar-refractivity contribution in [3.05, 3.63) is 42.6 Å². The van der Waals surface area contributed by atoms with Crippen LogP contribution in [0.15, 0.2) is 42.6 Å². The summed E-state index contributed by atoms with van der Waals surface area (Å²) < 4.78 is 39.5. The van der Waals surface area contributed by atoms with Crippen LogP contribution in [0.25, 0.3) is 10.8 Å². The number of amides is 3. The molecule has 3 amide bonds. The van der Waals surface area contributed by atoms with E-state index in [1.165, 1.54) is 0 Å². The molecule has 2 aromatic rings. The summed E-state index contributed by atoms with van der Waals surface area (Å²) in [7, 11) is -2.24. The van der Waals surface area contributed by atoms with Gasteiger partial charge in [-0.15, -0.1) is 0 Å². The number of aromatic nitrogens is 1. The number of carbonyl (C=O) groups is 3. The van der Waals surface area contributed by atoms with Gasteiger partial charge in [-0.2, -0.15) is 0 Å². The number of nitrogens with zero attached hydrogens (tertiary/aromatic N) is 2. The number of benzene rings is 1. The Hall–Kier alpha value is -3.67. The zero-order chi connectivity index (χ0) is 32.6. The molecule has 0 unspecified atom stereocenters. The number of allylic oxidation sites excluding steroid dienone is 1. The lowest BCUT2D eigenvalue weighted by Crippen LogP contribution is -2.56. The van der Waals surface area contributed by atoms with Crippen molar-refractivity contribution in [3.63, 3.8) is 0 Å². The lowest BCUT2D eigenvalue weighted by molar-refractivity contribution is -0.140. The number of methoxy groups -OCH3 is 1. The Kier molecular flexibility index (Phi) is 9.02. The van der Waals surface area contributed by atoms with Crippen LogP contribution in [-0.4, -0.2) is 72.6 Å². The Bertz CT molecular complexity index is 1640. The van der Waals surface area contributed by atoms with E-state index in [0.29, 0.717) is 36.8 Å². The monoisotopic (exact) mass is 652 g/mol. The first kappa shape index (κ1) is 32.3. The molecule has 4 aliphatic rings. The highest BCUT2D eigenvalue weighted by molar-refractivity contribution is 7.91. The predicted molar refractivity (Wildman–Crippen MR) is 172 cm³/mol. The predicted octanol–water partition coefficient (Wildman–Crippen LogP) is 3.87. The van der Waals surface area contributed by atoms with Gasteiger partial charge in [0.2, 0.25) is 27.7 Å². The van der Waals surface area contributed by atoms with Crippen molar-refractivity contribution < 1.29 is 32.3 Å². The first-order valence-corrected chi connectivity index (χ1v) is 18.0. The van der Waals surface area contributed by atoms with Crippen LogP contribution < -0.4 is 19.5 Å². The third-order valence-electron chi connectivity index (χ3n) is 10.0. The molecule has 6 rings (SSSR count). The van der Waals surface area contributed by atoms with Gasteiger partial charge in [-0.1, -0.05) is 50.6 Å². The molecule has 12 heteroatoms. The maximum absolute atomic E-state index is 14.1.